The Kier molecular flexibility index (Phi) is 4.69. The number of carbonyl (C=O) groups excluding carboxylic acids is 2. The van der Waals surface area contributed by atoms with Crippen molar-refractivity contribution in [2.45, 2.75) is 32.6 Å². The quantitative estimate of drug-likeness (QED) is 0.879. The zero-order valence-electron chi connectivity index (χ0n) is 13.6. The summed E-state index contributed by atoms with van der Waals surface area (Å²) < 4.78 is 0. The van der Waals surface area contributed by atoms with Gasteiger partial charge in [-0.05, 0) is 50.3 Å². The molecule has 4 amide bonds. The van der Waals surface area contributed by atoms with Gasteiger partial charge in [0, 0.05) is 37.6 Å². The number of rotatable bonds is 2. The van der Waals surface area contributed by atoms with E-state index in [0.29, 0.717) is 5.69 Å². The number of aryl methyl sites for hydroxylation is 1. The fraction of sp³-hybridized carbons (Fsp3) is 0.529. The summed E-state index contributed by atoms with van der Waals surface area (Å²) in [5, 5.41) is 5.87. The lowest BCUT2D eigenvalue weighted by atomic mass is 10.2. The third-order valence-electron chi connectivity index (χ3n) is 4.52. The smallest absolute Gasteiger partial charge is 0.321 e. The van der Waals surface area contributed by atoms with E-state index in [-0.39, 0.29) is 12.1 Å². The lowest BCUT2D eigenvalue weighted by molar-refractivity contribution is 0.222. The van der Waals surface area contributed by atoms with Gasteiger partial charge in [0.25, 0.3) is 0 Å². The highest BCUT2D eigenvalue weighted by Gasteiger charge is 2.20. The van der Waals surface area contributed by atoms with Crippen LogP contribution in [0.2, 0.25) is 0 Å². The molecule has 2 heterocycles. The van der Waals surface area contributed by atoms with E-state index in [9.17, 15) is 9.59 Å². The third kappa shape index (κ3) is 3.75. The Labute approximate surface area is 136 Å². The van der Waals surface area contributed by atoms with Crippen molar-refractivity contribution in [3.8, 4) is 0 Å². The van der Waals surface area contributed by atoms with Gasteiger partial charge in [0.15, 0.2) is 0 Å². The van der Waals surface area contributed by atoms with Crippen LogP contribution in [0, 0.1) is 6.92 Å². The monoisotopic (exact) mass is 316 g/mol. The number of hydrogen-bond acceptors (Lipinski definition) is 2. The highest BCUT2D eigenvalue weighted by Crippen LogP contribution is 2.22. The van der Waals surface area contributed by atoms with Gasteiger partial charge in [-0.25, -0.2) is 9.59 Å². The van der Waals surface area contributed by atoms with Crippen molar-refractivity contribution >= 4 is 23.4 Å². The maximum Gasteiger partial charge on any atom is 0.321 e. The summed E-state index contributed by atoms with van der Waals surface area (Å²) in [6.07, 6.45) is 4.27. The first-order valence-corrected chi connectivity index (χ1v) is 8.36. The molecule has 0 radical (unpaired) electrons. The molecule has 3 rings (SSSR count). The number of carbonyl (C=O) groups is 2. The lowest BCUT2D eigenvalue weighted by Crippen LogP contribution is -2.33. The van der Waals surface area contributed by atoms with Gasteiger partial charge >= 0.3 is 12.1 Å². The van der Waals surface area contributed by atoms with Gasteiger partial charge in [0.2, 0.25) is 0 Å². The predicted molar refractivity (Wildman–Crippen MR) is 90.8 cm³/mol. The minimum absolute atomic E-state index is 0.0615. The summed E-state index contributed by atoms with van der Waals surface area (Å²) in [7, 11) is 0. The normalized spacial score (nSPS) is 17.4. The van der Waals surface area contributed by atoms with E-state index in [1.54, 1.807) is 0 Å². The number of hydrogen-bond donors (Lipinski definition) is 2. The zero-order chi connectivity index (χ0) is 16.2. The number of nitrogens with zero attached hydrogens (tertiary/aromatic N) is 2. The summed E-state index contributed by atoms with van der Waals surface area (Å²) in [5.41, 5.74) is 2.45. The number of anilines is 2. The lowest BCUT2D eigenvalue weighted by Gasteiger charge is -2.19. The van der Waals surface area contributed by atoms with Crippen LogP contribution in [0.4, 0.5) is 21.0 Å². The molecule has 0 aliphatic carbocycles. The Morgan fingerprint density at radius 2 is 1.39 bits per heavy atom. The van der Waals surface area contributed by atoms with Crippen molar-refractivity contribution in [3.63, 3.8) is 0 Å². The summed E-state index contributed by atoms with van der Waals surface area (Å²) in [4.78, 5) is 28.0. The highest BCUT2D eigenvalue weighted by molar-refractivity contribution is 5.93. The van der Waals surface area contributed by atoms with Gasteiger partial charge in [-0.15, -0.1) is 0 Å². The van der Waals surface area contributed by atoms with Crippen LogP contribution < -0.4 is 10.6 Å². The molecular formula is C17H24N4O2. The first kappa shape index (κ1) is 15.6. The average Bonchev–Trinajstić information content (AvgIpc) is 3.23. The molecule has 1 aromatic carbocycles. The van der Waals surface area contributed by atoms with Crippen LogP contribution in [0.25, 0.3) is 0 Å². The standard InChI is InChI=1S/C17H24N4O2/c1-13-6-7-14(18-16(22)20-8-2-3-9-20)12-15(13)19-17(23)21-10-4-5-11-21/h6-7,12H,2-5,8-11H2,1H3,(H,18,22)(H,19,23). The topological polar surface area (TPSA) is 64.7 Å². The molecule has 2 aliphatic heterocycles. The summed E-state index contributed by atoms with van der Waals surface area (Å²) in [5.74, 6) is 0. The molecule has 0 spiro atoms. The number of benzene rings is 1. The Bertz CT molecular complexity index is 590. The van der Waals surface area contributed by atoms with Crippen LogP contribution in [-0.2, 0) is 0 Å². The SMILES string of the molecule is Cc1ccc(NC(=O)N2CCCC2)cc1NC(=O)N1CCCC1. The number of likely N-dealkylation sites (tertiary alicyclic amines) is 2. The molecule has 1 aromatic rings. The molecule has 2 aliphatic rings. The van der Waals surface area contributed by atoms with Gasteiger partial charge in [-0.3, -0.25) is 0 Å². The van der Waals surface area contributed by atoms with E-state index in [2.05, 4.69) is 10.6 Å². The predicted octanol–water partition coefficient (Wildman–Crippen LogP) is 3.25. The molecule has 0 unspecified atom stereocenters. The van der Waals surface area contributed by atoms with E-state index < -0.39 is 0 Å². The van der Waals surface area contributed by atoms with Gasteiger partial charge in [-0.2, -0.15) is 0 Å². The van der Waals surface area contributed by atoms with E-state index in [1.165, 1.54) is 0 Å². The molecule has 6 heteroatoms. The number of amides is 4. The van der Waals surface area contributed by atoms with Crippen LogP contribution in [0.5, 0.6) is 0 Å². The molecule has 2 fully saturated rings. The molecule has 0 atom stereocenters. The van der Waals surface area contributed by atoms with Gasteiger partial charge in [0.05, 0.1) is 0 Å². The highest BCUT2D eigenvalue weighted by atomic mass is 16.2. The third-order valence-corrected chi connectivity index (χ3v) is 4.52. The maximum atomic E-state index is 12.2. The molecule has 6 nitrogen and oxygen atoms in total. The summed E-state index contributed by atoms with van der Waals surface area (Å²) in [6, 6.07) is 5.49. The van der Waals surface area contributed by atoms with Crippen molar-refractivity contribution in [1.29, 1.82) is 0 Å². The number of nitrogens with one attached hydrogen (secondary N) is 2. The Hall–Kier alpha value is -2.24. The molecule has 0 saturated carbocycles. The van der Waals surface area contributed by atoms with Crippen LogP contribution >= 0.6 is 0 Å². The largest absolute Gasteiger partial charge is 0.325 e. The molecule has 124 valence electrons. The van der Waals surface area contributed by atoms with E-state index >= 15 is 0 Å². The minimum atomic E-state index is -0.0665. The van der Waals surface area contributed by atoms with E-state index in [4.69, 9.17) is 0 Å². The number of urea groups is 2. The first-order chi connectivity index (χ1) is 11.1. The second-order valence-corrected chi connectivity index (χ2v) is 6.28. The van der Waals surface area contributed by atoms with Crippen molar-refractivity contribution < 1.29 is 9.59 Å². The van der Waals surface area contributed by atoms with Gasteiger partial charge in [-0.1, -0.05) is 6.07 Å². The van der Waals surface area contributed by atoms with E-state index in [0.717, 1.165) is 63.1 Å². The molecule has 2 saturated heterocycles. The van der Waals surface area contributed by atoms with Gasteiger partial charge in [0.1, 0.15) is 0 Å². The van der Waals surface area contributed by atoms with Gasteiger partial charge < -0.3 is 20.4 Å². The minimum Gasteiger partial charge on any atom is -0.325 e. The van der Waals surface area contributed by atoms with Crippen molar-refractivity contribution in [3.05, 3.63) is 23.8 Å². The molecule has 0 bridgehead atoms. The molecule has 23 heavy (non-hydrogen) atoms. The van der Waals surface area contributed by atoms with Crippen molar-refractivity contribution in [2.24, 2.45) is 0 Å². The Balaban J connectivity index is 1.65. The van der Waals surface area contributed by atoms with Crippen LogP contribution in [0.1, 0.15) is 31.2 Å². The van der Waals surface area contributed by atoms with Crippen LogP contribution in [0.3, 0.4) is 0 Å². The second kappa shape index (κ2) is 6.89. The fourth-order valence-corrected chi connectivity index (χ4v) is 3.07. The second-order valence-electron chi connectivity index (χ2n) is 6.28. The maximum absolute atomic E-state index is 12.2. The van der Waals surface area contributed by atoms with Crippen LogP contribution in [0.15, 0.2) is 18.2 Å². The van der Waals surface area contributed by atoms with Crippen molar-refractivity contribution in [1.82, 2.24) is 9.80 Å². The van der Waals surface area contributed by atoms with Crippen LogP contribution in [-0.4, -0.2) is 48.0 Å². The summed E-state index contributed by atoms with van der Waals surface area (Å²) in [6.45, 7) is 5.21. The molecule has 2 N–H and O–H groups in total. The Morgan fingerprint density at radius 1 is 0.870 bits per heavy atom. The fourth-order valence-electron chi connectivity index (χ4n) is 3.07. The average molecular weight is 316 g/mol. The van der Waals surface area contributed by atoms with E-state index in [1.807, 2.05) is 34.9 Å². The Morgan fingerprint density at radius 3 is 1.96 bits per heavy atom. The zero-order valence-corrected chi connectivity index (χ0v) is 13.6. The summed E-state index contributed by atoms with van der Waals surface area (Å²) >= 11 is 0. The first-order valence-electron chi connectivity index (χ1n) is 8.36. The van der Waals surface area contributed by atoms with Crippen molar-refractivity contribution in [2.75, 3.05) is 36.8 Å². The molecule has 0 aromatic heterocycles. The molecular weight excluding hydrogens is 292 g/mol.